The molecule has 0 bridgehead atoms. The maximum Gasteiger partial charge on any atom is 0.241 e. The molecule has 28 heavy (non-hydrogen) atoms. The van der Waals surface area contributed by atoms with Gasteiger partial charge in [0.15, 0.2) is 5.96 Å². The van der Waals surface area contributed by atoms with E-state index in [0.29, 0.717) is 24.8 Å². The van der Waals surface area contributed by atoms with Crippen LogP contribution in [0.15, 0.2) is 58.1 Å². The average Bonchev–Trinajstić information content (AvgIpc) is 3.21. The average molecular weight is 500 g/mol. The number of halogens is 1. The van der Waals surface area contributed by atoms with Crippen LogP contribution in [0.25, 0.3) is 0 Å². The summed E-state index contributed by atoms with van der Waals surface area (Å²) >= 11 is 0. The predicted octanol–water partition coefficient (Wildman–Crippen LogP) is 2.02. The van der Waals surface area contributed by atoms with Gasteiger partial charge in [0.25, 0.3) is 0 Å². The Morgan fingerprint density at radius 1 is 1.14 bits per heavy atom. The highest BCUT2D eigenvalue weighted by Crippen LogP contribution is 2.19. The number of hydrogen-bond donors (Lipinski definition) is 4. The number of carbonyl (C=O) groups is 1. The van der Waals surface area contributed by atoms with Gasteiger partial charge in [-0.05, 0) is 38.0 Å². The Kier molecular flexibility index (Phi) is 10.6. The van der Waals surface area contributed by atoms with Crippen molar-refractivity contribution in [2.24, 2.45) is 4.99 Å². The predicted molar refractivity (Wildman–Crippen MR) is 121 cm³/mol. The molecule has 1 atom stereocenters. The third kappa shape index (κ3) is 8.30. The standard InChI is InChI=1S/C20H28N4O3.HI/c1-3-21-19(24-15-20(2,26)17-10-7-13-27-17)23-14-18(25)22-12-11-16-8-5-4-6-9-16;/h4-10,13,26H,3,11-12,14-15H2,1-2H3,(H,22,25)(H2,21,23,24);1H. The third-order valence-corrected chi connectivity index (χ3v) is 3.96. The summed E-state index contributed by atoms with van der Waals surface area (Å²) in [4.78, 5) is 16.3. The van der Waals surface area contributed by atoms with E-state index in [9.17, 15) is 9.90 Å². The lowest BCUT2D eigenvalue weighted by Gasteiger charge is -2.22. The lowest BCUT2D eigenvalue weighted by atomic mass is 10.0. The number of hydrogen-bond acceptors (Lipinski definition) is 4. The maximum absolute atomic E-state index is 12.0. The first-order chi connectivity index (χ1) is 13.0. The summed E-state index contributed by atoms with van der Waals surface area (Å²) in [5.74, 6) is 0.771. The zero-order valence-electron chi connectivity index (χ0n) is 16.3. The van der Waals surface area contributed by atoms with Crippen LogP contribution in [0.3, 0.4) is 0 Å². The van der Waals surface area contributed by atoms with Crippen LogP contribution in [-0.2, 0) is 16.8 Å². The summed E-state index contributed by atoms with van der Waals surface area (Å²) in [6.45, 7) is 5.00. The van der Waals surface area contributed by atoms with Gasteiger partial charge in [-0.2, -0.15) is 0 Å². The fourth-order valence-corrected chi connectivity index (χ4v) is 2.47. The molecule has 0 aliphatic heterocycles. The smallest absolute Gasteiger partial charge is 0.241 e. The first-order valence-electron chi connectivity index (χ1n) is 9.10. The van der Waals surface area contributed by atoms with E-state index >= 15 is 0 Å². The van der Waals surface area contributed by atoms with Crippen LogP contribution in [0.2, 0.25) is 0 Å². The van der Waals surface area contributed by atoms with E-state index in [1.165, 1.54) is 11.8 Å². The molecule has 7 nitrogen and oxygen atoms in total. The number of aliphatic imine (C=N–C) groups is 1. The SMILES string of the molecule is CCNC(=NCC(=O)NCCc1ccccc1)NCC(C)(O)c1ccco1.I. The van der Waals surface area contributed by atoms with Crippen molar-refractivity contribution < 1.29 is 14.3 Å². The van der Waals surface area contributed by atoms with Crippen LogP contribution >= 0.6 is 24.0 Å². The second kappa shape index (κ2) is 12.4. The second-order valence-electron chi connectivity index (χ2n) is 6.39. The van der Waals surface area contributed by atoms with Gasteiger partial charge in [0.05, 0.1) is 12.8 Å². The van der Waals surface area contributed by atoms with Crippen LogP contribution in [-0.4, -0.2) is 43.2 Å². The molecular weight excluding hydrogens is 471 g/mol. The number of nitrogens with zero attached hydrogens (tertiary/aromatic N) is 1. The molecule has 0 aliphatic carbocycles. The topological polar surface area (TPSA) is 98.9 Å². The van der Waals surface area contributed by atoms with Gasteiger partial charge in [-0.1, -0.05) is 30.3 Å². The first kappa shape index (κ1) is 24.0. The maximum atomic E-state index is 12.0. The second-order valence-corrected chi connectivity index (χ2v) is 6.39. The van der Waals surface area contributed by atoms with Crippen molar-refractivity contribution in [1.29, 1.82) is 0 Å². The molecule has 0 radical (unpaired) electrons. The molecule has 1 aromatic heterocycles. The minimum atomic E-state index is -1.18. The number of amides is 1. The largest absolute Gasteiger partial charge is 0.466 e. The zero-order valence-corrected chi connectivity index (χ0v) is 18.6. The van der Waals surface area contributed by atoms with Crippen LogP contribution < -0.4 is 16.0 Å². The van der Waals surface area contributed by atoms with Gasteiger partial charge in [-0.3, -0.25) is 4.79 Å². The molecule has 1 aromatic carbocycles. The van der Waals surface area contributed by atoms with Gasteiger partial charge in [-0.15, -0.1) is 24.0 Å². The molecule has 0 spiro atoms. The van der Waals surface area contributed by atoms with E-state index < -0.39 is 5.60 Å². The van der Waals surface area contributed by atoms with E-state index in [0.717, 1.165) is 6.42 Å². The monoisotopic (exact) mass is 500 g/mol. The first-order valence-corrected chi connectivity index (χ1v) is 9.10. The molecule has 8 heteroatoms. The molecule has 0 fully saturated rings. The van der Waals surface area contributed by atoms with Crippen molar-refractivity contribution in [1.82, 2.24) is 16.0 Å². The third-order valence-electron chi connectivity index (χ3n) is 3.96. The van der Waals surface area contributed by atoms with Crippen LogP contribution in [0.1, 0.15) is 25.2 Å². The summed E-state index contributed by atoms with van der Waals surface area (Å²) < 4.78 is 5.26. The number of nitrogens with one attached hydrogen (secondary N) is 3. The van der Waals surface area contributed by atoms with Crippen molar-refractivity contribution in [2.75, 3.05) is 26.2 Å². The van der Waals surface area contributed by atoms with E-state index in [2.05, 4.69) is 20.9 Å². The molecule has 0 saturated carbocycles. The lowest BCUT2D eigenvalue weighted by Crippen LogP contribution is -2.45. The number of guanidine groups is 1. The fourth-order valence-electron chi connectivity index (χ4n) is 2.47. The van der Waals surface area contributed by atoms with E-state index in [1.807, 2.05) is 37.3 Å². The Labute approximate surface area is 183 Å². The number of furan rings is 1. The fraction of sp³-hybridized carbons (Fsp3) is 0.400. The molecule has 1 unspecified atom stereocenters. The molecule has 2 rings (SSSR count). The summed E-state index contributed by atoms with van der Waals surface area (Å²) in [7, 11) is 0. The normalized spacial score (nSPS) is 13.2. The highest BCUT2D eigenvalue weighted by Gasteiger charge is 2.26. The van der Waals surface area contributed by atoms with Gasteiger partial charge < -0.3 is 25.5 Å². The number of benzene rings is 1. The van der Waals surface area contributed by atoms with Gasteiger partial charge in [0.2, 0.25) is 5.91 Å². The quantitative estimate of drug-likeness (QED) is 0.240. The highest BCUT2D eigenvalue weighted by molar-refractivity contribution is 14.0. The summed E-state index contributed by atoms with van der Waals surface area (Å²) in [6, 6.07) is 13.4. The highest BCUT2D eigenvalue weighted by atomic mass is 127. The van der Waals surface area contributed by atoms with Crippen molar-refractivity contribution >= 4 is 35.8 Å². The molecule has 1 amide bonds. The molecule has 0 saturated heterocycles. The van der Waals surface area contributed by atoms with Crippen molar-refractivity contribution in [3.8, 4) is 0 Å². The molecule has 0 aliphatic rings. The number of aliphatic hydroxyl groups is 1. The molecule has 4 N–H and O–H groups in total. The molecule has 154 valence electrons. The van der Waals surface area contributed by atoms with Gasteiger partial charge in [0.1, 0.15) is 17.9 Å². The van der Waals surface area contributed by atoms with Crippen LogP contribution in [0.4, 0.5) is 0 Å². The minimum Gasteiger partial charge on any atom is -0.466 e. The van der Waals surface area contributed by atoms with E-state index in [1.54, 1.807) is 19.1 Å². The van der Waals surface area contributed by atoms with E-state index in [-0.39, 0.29) is 43.0 Å². The Bertz CT molecular complexity index is 718. The number of rotatable bonds is 9. The van der Waals surface area contributed by atoms with Gasteiger partial charge >= 0.3 is 0 Å². The van der Waals surface area contributed by atoms with Gasteiger partial charge in [0, 0.05) is 13.1 Å². The summed E-state index contributed by atoms with van der Waals surface area (Å²) in [5.41, 5.74) is -0.00562. The molecular formula is C20H29IN4O3. The Morgan fingerprint density at radius 3 is 2.54 bits per heavy atom. The lowest BCUT2D eigenvalue weighted by molar-refractivity contribution is -0.119. The van der Waals surface area contributed by atoms with Crippen molar-refractivity contribution in [2.45, 2.75) is 25.9 Å². The summed E-state index contributed by atoms with van der Waals surface area (Å²) in [6.07, 6.45) is 2.30. The van der Waals surface area contributed by atoms with Crippen molar-refractivity contribution in [3.05, 3.63) is 60.1 Å². The minimum absolute atomic E-state index is 0. The molecule has 2 aromatic rings. The van der Waals surface area contributed by atoms with Crippen LogP contribution in [0.5, 0.6) is 0 Å². The summed E-state index contributed by atoms with van der Waals surface area (Å²) in [5, 5.41) is 19.4. The Morgan fingerprint density at radius 2 is 1.89 bits per heavy atom. The molecule has 1 heterocycles. The van der Waals surface area contributed by atoms with E-state index in [4.69, 9.17) is 4.42 Å². The Hall–Kier alpha value is -2.07. The Balaban J connectivity index is 0.00000392. The van der Waals surface area contributed by atoms with Crippen LogP contribution in [0, 0.1) is 0 Å². The van der Waals surface area contributed by atoms with Crippen molar-refractivity contribution in [3.63, 3.8) is 0 Å². The zero-order chi connectivity index (χ0) is 19.5. The van der Waals surface area contributed by atoms with Gasteiger partial charge in [-0.25, -0.2) is 4.99 Å². The number of carbonyl (C=O) groups excluding carboxylic acids is 1.